The Labute approximate surface area is 308 Å². The maximum atomic E-state index is 15.3. The number of allylic oxidation sites excluding steroid dienone is 2. The van der Waals surface area contributed by atoms with Gasteiger partial charge in [-0.25, -0.2) is 0 Å². The van der Waals surface area contributed by atoms with Crippen molar-refractivity contribution in [3.8, 4) is 0 Å². The van der Waals surface area contributed by atoms with Gasteiger partial charge in [0.25, 0.3) is 0 Å². The SMILES string of the molecule is CC(O)CN=C1C(=O)C2CC(O)C(O)CC23CC2(C4CCC(N)[NH2+]C4)C=CC4CC5(C)C(C(C)(O)C(O)C6OCC(C)C6C)CCC5(O)C1C43CC2. The standard InChI is InChI=1S/C41H65N3O8/c1-21-19-52-33(23(21)3)35(49)37(5,50)29-9-11-41(51)34-31(44-17-22(2)45)32(48)26-14-27(46)28(47)16-39(26)20-38(25-6-7-30(42)43-18-25)10-8-24(15-36(29,41)4)40(34,39)13-12-38/h8,10,21-30,33-35,43,45-47,49-51H,6-7,9,11-20,42H2,1-5H3/p+1. The molecule has 9 rings (SSSR count). The van der Waals surface area contributed by atoms with Crippen molar-refractivity contribution in [1.29, 1.82) is 0 Å². The number of rotatable bonds is 6. The van der Waals surface area contributed by atoms with E-state index in [1.165, 1.54) is 0 Å². The molecule has 5 saturated carbocycles. The van der Waals surface area contributed by atoms with Crippen LogP contribution in [-0.2, 0) is 9.53 Å². The first-order valence-corrected chi connectivity index (χ1v) is 20.5. The molecule has 7 fully saturated rings. The van der Waals surface area contributed by atoms with Crippen molar-refractivity contribution in [2.75, 3.05) is 19.7 Å². The second kappa shape index (κ2) is 12.4. The van der Waals surface area contributed by atoms with Crippen LogP contribution in [0.2, 0.25) is 0 Å². The zero-order valence-electron chi connectivity index (χ0n) is 32.0. The number of ether oxygens (including phenoxy) is 1. The van der Waals surface area contributed by atoms with Crippen molar-refractivity contribution >= 4 is 11.5 Å². The van der Waals surface area contributed by atoms with E-state index in [0.717, 1.165) is 32.2 Å². The van der Waals surface area contributed by atoms with Gasteiger partial charge in [0, 0.05) is 36.2 Å². The maximum absolute atomic E-state index is 15.3. The first-order chi connectivity index (χ1) is 24.4. The van der Waals surface area contributed by atoms with Crippen LogP contribution >= 0.6 is 0 Å². The predicted octanol–water partition coefficient (Wildman–Crippen LogP) is 1.06. The number of Topliss-reactive ketones (excluding diaryl/α,β-unsaturated/α-hetero) is 1. The van der Waals surface area contributed by atoms with Crippen molar-refractivity contribution in [2.24, 2.45) is 73.8 Å². The zero-order valence-corrected chi connectivity index (χ0v) is 32.0. The van der Waals surface area contributed by atoms with Gasteiger partial charge in [-0.15, -0.1) is 0 Å². The monoisotopic (exact) mass is 728 g/mol. The molecule has 0 radical (unpaired) electrons. The van der Waals surface area contributed by atoms with Crippen molar-refractivity contribution in [3.05, 3.63) is 12.2 Å². The van der Waals surface area contributed by atoms with Gasteiger partial charge >= 0.3 is 0 Å². The normalized spacial score (nSPS) is 55.7. The lowest BCUT2D eigenvalue weighted by Crippen LogP contribution is -2.95. The summed E-state index contributed by atoms with van der Waals surface area (Å²) in [4.78, 5) is 20.2. The number of fused-ring (bicyclic) bond motifs is 3. The van der Waals surface area contributed by atoms with Gasteiger partial charge in [0.15, 0.2) is 5.78 Å². The molecule has 2 bridgehead atoms. The molecule has 9 aliphatic rings. The topological polar surface area (TPSA) is 203 Å². The summed E-state index contributed by atoms with van der Waals surface area (Å²) in [6.07, 6.45) is 6.31. The lowest BCUT2D eigenvalue weighted by atomic mass is 9.29. The van der Waals surface area contributed by atoms with Crippen LogP contribution < -0.4 is 11.1 Å². The summed E-state index contributed by atoms with van der Waals surface area (Å²) in [6, 6.07) is 0. The third-order valence-electron chi connectivity index (χ3n) is 17.6. The summed E-state index contributed by atoms with van der Waals surface area (Å²) in [7, 11) is 0. The Kier molecular flexibility index (Phi) is 8.94. The molecule has 0 aromatic rings. The molecule has 10 N–H and O–H groups in total. The molecule has 2 saturated heterocycles. The van der Waals surface area contributed by atoms with Gasteiger partial charge < -0.3 is 40.7 Å². The fourth-order valence-electron chi connectivity index (χ4n) is 14.8. The van der Waals surface area contributed by atoms with Gasteiger partial charge in [-0.2, -0.15) is 0 Å². The smallest absolute Gasteiger partial charge is 0.180 e. The minimum absolute atomic E-state index is 0.0168. The minimum Gasteiger partial charge on any atom is -0.391 e. The molecule has 0 aromatic heterocycles. The number of aliphatic hydroxyl groups excluding tert-OH is 4. The molecule has 2 aliphatic heterocycles. The first-order valence-electron chi connectivity index (χ1n) is 20.5. The molecule has 0 aromatic carbocycles. The van der Waals surface area contributed by atoms with Gasteiger partial charge in [-0.1, -0.05) is 32.9 Å². The van der Waals surface area contributed by atoms with E-state index in [4.69, 9.17) is 15.5 Å². The Bertz CT molecular complexity index is 1500. The Hall–Kier alpha value is -1.28. The number of nitrogens with two attached hydrogens (primary N) is 2. The summed E-state index contributed by atoms with van der Waals surface area (Å²) in [5.41, 5.74) is 1.10. The quantitative estimate of drug-likeness (QED) is 0.184. The number of aliphatic imine (C=N–C) groups is 1. The van der Waals surface area contributed by atoms with Crippen molar-refractivity contribution in [3.63, 3.8) is 0 Å². The molecule has 292 valence electrons. The molecule has 11 heteroatoms. The number of hydrogen-bond acceptors (Lipinski definition) is 10. The third-order valence-corrected chi connectivity index (χ3v) is 17.6. The fourth-order valence-corrected chi connectivity index (χ4v) is 14.8. The van der Waals surface area contributed by atoms with E-state index < -0.39 is 75.7 Å². The average Bonchev–Trinajstić information content (AvgIpc) is 3.46. The Morgan fingerprint density at radius 3 is 2.52 bits per heavy atom. The highest BCUT2D eigenvalue weighted by Crippen LogP contribution is 2.81. The molecular weight excluding hydrogens is 662 g/mol. The van der Waals surface area contributed by atoms with E-state index in [-0.39, 0.29) is 54.5 Å². The van der Waals surface area contributed by atoms with Crippen LogP contribution in [-0.4, -0.2) is 110 Å². The number of carbonyl (C=O) groups is 1. The van der Waals surface area contributed by atoms with Crippen molar-refractivity contribution in [1.82, 2.24) is 0 Å². The predicted molar refractivity (Wildman–Crippen MR) is 194 cm³/mol. The molecule has 52 heavy (non-hydrogen) atoms. The van der Waals surface area contributed by atoms with E-state index >= 15 is 4.79 Å². The molecule has 0 amide bonds. The largest absolute Gasteiger partial charge is 0.391 e. The molecule has 19 unspecified atom stereocenters. The maximum Gasteiger partial charge on any atom is 0.180 e. The van der Waals surface area contributed by atoms with Gasteiger partial charge in [0.1, 0.15) is 12.3 Å². The summed E-state index contributed by atoms with van der Waals surface area (Å²) < 4.78 is 6.10. The third kappa shape index (κ3) is 4.82. The molecule has 11 nitrogen and oxygen atoms in total. The molecule has 2 spiro atoms. The number of ketones is 1. The van der Waals surface area contributed by atoms with Crippen LogP contribution in [0.1, 0.15) is 98.8 Å². The lowest BCUT2D eigenvalue weighted by molar-refractivity contribution is -0.705. The molecule has 2 heterocycles. The number of hydrogen-bond donors (Lipinski definition) is 8. The van der Waals surface area contributed by atoms with E-state index in [1.807, 2.05) is 0 Å². The highest BCUT2D eigenvalue weighted by Gasteiger charge is 2.82. The van der Waals surface area contributed by atoms with Crippen LogP contribution in [0.15, 0.2) is 17.1 Å². The molecule has 7 aliphatic carbocycles. The van der Waals surface area contributed by atoms with Crippen molar-refractivity contribution in [2.45, 2.75) is 147 Å². The van der Waals surface area contributed by atoms with Crippen LogP contribution in [0.25, 0.3) is 0 Å². The second-order valence-electron chi connectivity index (χ2n) is 19.9. The average molecular weight is 729 g/mol. The number of piperidine rings is 1. The van der Waals surface area contributed by atoms with Crippen LogP contribution in [0, 0.1) is 63.1 Å². The summed E-state index contributed by atoms with van der Waals surface area (Å²) >= 11 is 0. The van der Waals surface area contributed by atoms with Crippen molar-refractivity contribution < 1.29 is 45.5 Å². The minimum atomic E-state index is -1.60. The Balaban J connectivity index is 1.31. The van der Waals surface area contributed by atoms with Gasteiger partial charge in [0.05, 0.1) is 54.4 Å². The summed E-state index contributed by atoms with van der Waals surface area (Å²) in [5, 5.41) is 73.9. The van der Waals surface area contributed by atoms with E-state index in [0.29, 0.717) is 43.9 Å². The van der Waals surface area contributed by atoms with Gasteiger partial charge in [-0.05, 0) is 112 Å². The zero-order chi connectivity index (χ0) is 37.4. The fraction of sp³-hybridized carbons (Fsp3) is 0.902. The van der Waals surface area contributed by atoms with E-state index in [9.17, 15) is 30.6 Å². The number of carbonyl (C=O) groups excluding carboxylic acids is 1. The van der Waals surface area contributed by atoms with Gasteiger partial charge in [0.2, 0.25) is 0 Å². The highest BCUT2D eigenvalue weighted by molar-refractivity contribution is 6.43. The summed E-state index contributed by atoms with van der Waals surface area (Å²) in [6.45, 7) is 11.0. The van der Waals surface area contributed by atoms with E-state index in [2.05, 4.69) is 38.2 Å². The van der Waals surface area contributed by atoms with Gasteiger partial charge in [-0.3, -0.25) is 15.5 Å². The summed E-state index contributed by atoms with van der Waals surface area (Å²) in [5.74, 6) is -1.47. The molecular formula is C41H66N3O8+. The number of quaternary nitrogens is 1. The number of aliphatic hydroxyl groups is 6. The van der Waals surface area contributed by atoms with Crippen LogP contribution in [0.4, 0.5) is 0 Å². The first kappa shape index (κ1) is 37.6. The van der Waals surface area contributed by atoms with E-state index in [1.54, 1.807) is 13.8 Å². The number of nitrogens with zero attached hydrogens (tertiary/aromatic N) is 1. The second-order valence-corrected chi connectivity index (χ2v) is 19.9. The molecule has 19 atom stereocenters. The lowest BCUT2D eigenvalue weighted by Gasteiger charge is -2.75. The Morgan fingerprint density at radius 1 is 1.12 bits per heavy atom. The Morgan fingerprint density at radius 2 is 1.87 bits per heavy atom. The van der Waals surface area contributed by atoms with Crippen LogP contribution in [0.3, 0.4) is 0 Å². The highest BCUT2D eigenvalue weighted by atomic mass is 16.5. The van der Waals surface area contributed by atoms with Crippen LogP contribution in [0.5, 0.6) is 0 Å².